The average molecular weight is 929 g/mol. The predicted molar refractivity (Wildman–Crippen MR) is 255 cm³/mol. The highest BCUT2D eigenvalue weighted by atomic mass is 19.1. The second-order valence-corrected chi connectivity index (χ2v) is 16.1. The highest BCUT2D eigenvalue weighted by Gasteiger charge is 2.32. The second-order valence-electron chi connectivity index (χ2n) is 16.1. The number of carbonyl (C=O) groups is 2. The van der Waals surface area contributed by atoms with Gasteiger partial charge in [-0.1, -0.05) is 27.0 Å². The summed E-state index contributed by atoms with van der Waals surface area (Å²) in [7, 11) is 3.01. The van der Waals surface area contributed by atoms with E-state index >= 15 is 0 Å². The fourth-order valence-corrected chi connectivity index (χ4v) is 9.71. The molecule has 8 aromatic rings. The number of aromatic carboxylic acids is 1. The maximum Gasteiger partial charge on any atom is 0.355 e. The van der Waals surface area contributed by atoms with Crippen molar-refractivity contribution in [2.75, 3.05) is 20.8 Å². The van der Waals surface area contributed by atoms with E-state index in [1.807, 2.05) is 24.3 Å². The van der Waals surface area contributed by atoms with E-state index in [0.717, 1.165) is 102 Å². The number of carboxylic acid groups (broad SMARTS) is 1. The molecular weight excluding hydrogens is 877 g/mol. The van der Waals surface area contributed by atoms with E-state index in [1.54, 1.807) is 46.7 Å². The van der Waals surface area contributed by atoms with Crippen LogP contribution in [-0.2, 0) is 43.5 Å². The number of carbonyl (C=O) groups excluding carboxylic acids is 1. The molecule has 0 aliphatic heterocycles. The third kappa shape index (κ3) is 8.66. The molecule has 0 saturated heterocycles. The summed E-state index contributed by atoms with van der Waals surface area (Å²) in [5.41, 5.74) is 8.89. The minimum atomic E-state index is -1.16. The van der Waals surface area contributed by atoms with Crippen molar-refractivity contribution in [1.82, 2.24) is 19.1 Å². The summed E-state index contributed by atoms with van der Waals surface area (Å²) >= 11 is 0. The molecule has 0 radical (unpaired) electrons. The Morgan fingerprint density at radius 3 is 1.53 bits per heavy atom. The van der Waals surface area contributed by atoms with Crippen LogP contribution in [0.5, 0.6) is 11.8 Å². The molecule has 0 atom stereocenters. The number of methoxy groups -OCH3 is 2. The zero-order valence-electron chi connectivity index (χ0n) is 36.4. The third-order valence-corrected chi connectivity index (χ3v) is 12.4. The van der Waals surface area contributed by atoms with Crippen LogP contribution >= 0.6 is 0 Å². The Labute approximate surface area is 391 Å². The molecule has 4 heterocycles. The zero-order chi connectivity index (χ0) is 46.2. The first-order chi connectivity index (χ1) is 32.0. The summed E-state index contributed by atoms with van der Waals surface area (Å²) in [6, 6.07) is 21.6. The Morgan fingerprint density at radius 2 is 1.09 bits per heavy atom. The number of aromatic nitrogens is 4. The molecule has 68 heavy (non-hydrogen) atoms. The van der Waals surface area contributed by atoms with Gasteiger partial charge in [0.2, 0.25) is 11.8 Å². The maximum absolute atomic E-state index is 14.7. The molecule has 10 rings (SSSR count). The molecule has 0 bridgehead atoms. The molecule has 2 aliphatic carbocycles. The van der Waals surface area contributed by atoms with Gasteiger partial charge >= 0.3 is 11.9 Å². The topological polar surface area (TPSA) is 118 Å². The van der Waals surface area contributed by atoms with Gasteiger partial charge in [0.15, 0.2) is 0 Å². The van der Waals surface area contributed by atoms with Gasteiger partial charge in [0.1, 0.15) is 34.7 Å². The summed E-state index contributed by atoms with van der Waals surface area (Å²) in [6.45, 7) is 1.76. The fraction of sp³-hybridized carbons (Fsp3) is 0.259. The summed E-state index contributed by atoms with van der Waals surface area (Å²) in [6.07, 6.45) is 8.74. The second kappa shape index (κ2) is 20.2. The Morgan fingerprint density at radius 1 is 0.632 bits per heavy atom. The molecule has 14 heteroatoms. The summed E-state index contributed by atoms with van der Waals surface area (Å²) in [4.78, 5) is 34.6. The van der Waals surface area contributed by atoms with Crippen LogP contribution in [0.25, 0.3) is 44.1 Å². The van der Waals surface area contributed by atoms with E-state index in [9.17, 15) is 32.3 Å². The molecular formula is C54H52F4N4O6. The van der Waals surface area contributed by atoms with Crippen molar-refractivity contribution in [2.24, 2.45) is 0 Å². The number of nitrogens with zero attached hydrogens (tertiary/aromatic N) is 4. The van der Waals surface area contributed by atoms with Crippen molar-refractivity contribution in [1.29, 1.82) is 0 Å². The van der Waals surface area contributed by atoms with Gasteiger partial charge in [-0.05, 0) is 140 Å². The van der Waals surface area contributed by atoms with Crippen LogP contribution in [0.4, 0.5) is 17.6 Å². The standard InChI is InChI=1S/C27H24F2N2O3.C25H20F2N2O3.2CH4/c1-3-34-27(32)25-24(20-8-5-13-30-26(20)33-2)23-19-7-4-6-16(19)9-12-22(23)31(25)15-17-14-18(28)10-11-21(17)29;1-32-24-18(6-3-11-28-24)22-21-17-5-2-4-14(17)7-10-20(21)29(23(22)25(30)31)13-15-12-16(26)8-9-19(15)27;;/h5,8-14H,3-4,6-7,15H2,1-2H3;3,6-12H,2,4-5,13H2,1H3,(H,30,31);2*1H4. The van der Waals surface area contributed by atoms with E-state index in [-0.39, 0.29) is 57.1 Å². The highest BCUT2D eigenvalue weighted by Crippen LogP contribution is 2.45. The first-order valence-electron chi connectivity index (χ1n) is 21.6. The normalized spacial score (nSPS) is 12.4. The maximum atomic E-state index is 14.7. The van der Waals surface area contributed by atoms with Crippen molar-refractivity contribution >= 4 is 33.7 Å². The quantitative estimate of drug-likeness (QED) is 0.101. The van der Waals surface area contributed by atoms with Crippen molar-refractivity contribution in [3.05, 3.63) is 165 Å². The van der Waals surface area contributed by atoms with Gasteiger partial charge in [0.25, 0.3) is 0 Å². The van der Waals surface area contributed by atoms with Gasteiger partial charge in [-0.15, -0.1) is 0 Å². The molecule has 0 unspecified atom stereocenters. The van der Waals surface area contributed by atoms with Crippen LogP contribution in [0.15, 0.2) is 97.3 Å². The van der Waals surface area contributed by atoms with E-state index in [1.165, 1.54) is 25.3 Å². The Kier molecular flexibility index (Phi) is 14.4. The predicted octanol–water partition coefficient (Wildman–Crippen LogP) is 12.2. The largest absolute Gasteiger partial charge is 0.481 e. The van der Waals surface area contributed by atoms with E-state index < -0.39 is 35.2 Å². The molecule has 10 nitrogen and oxygen atoms in total. The van der Waals surface area contributed by atoms with Gasteiger partial charge in [-0.2, -0.15) is 0 Å². The number of aryl methyl sites for hydroxylation is 4. The lowest BCUT2D eigenvalue weighted by molar-refractivity contribution is 0.0515. The SMILES string of the molecule is C.C.CCOC(=O)c1c(-c2cccnc2OC)c2c3c(ccc2n1Cc1cc(F)ccc1F)CCC3.COc1ncccc1-c1c(C(=O)O)n(Cc2cc(F)ccc2F)c2ccc3c(c12)CCC3. The first-order valence-corrected chi connectivity index (χ1v) is 21.6. The third-order valence-electron chi connectivity index (χ3n) is 12.4. The van der Waals surface area contributed by atoms with E-state index in [0.29, 0.717) is 39.5 Å². The minimum Gasteiger partial charge on any atom is -0.481 e. The minimum absolute atomic E-state index is 0. The van der Waals surface area contributed by atoms with Crippen molar-refractivity contribution < 1.29 is 46.5 Å². The lowest BCUT2D eigenvalue weighted by Crippen LogP contribution is -2.15. The molecule has 0 saturated carbocycles. The number of fused-ring (bicyclic) bond motifs is 6. The van der Waals surface area contributed by atoms with Crippen LogP contribution in [0.1, 0.15) is 89.0 Å². The van der Waals surface area contributed by atoms with Gasteiger partial charge in [-0.25, -0.2) is 37.1 Å². The van der Waals surface area contributed by atoms with E-state index in [2.05, 4.69) is 16.0 Å². The number of hydrogen-bond donors (Lipinski definition) is 1. The summed E-state index contributed by atoms with van der Waals surface area (Å²) in [5, 5.41) is 12.0. The van der Waals surface area contributed by atoms with Gasteiger partial charge in [-0.3, -0.25) is 0 Å². The van der Waals surface area contributed by atoms with Crippen LogP contribution in [0.3, 0.4) is 0 Å². The number of pyridine rings is 2. The van der Waals surface area contributed by atoms with Gasteiger partial charge in [0.05, 0.1) is 33.9 Å². The number of halogens is 4. The van der Waals surface area contributed by atoms with Crippen LogP contribution in [-0.4, -0.2) is 57.0 Å². The number of hydrogen-bond acceptors (Lipinski definition) is 7. The van der Waals surface area contributed by atoms with Gasteiger partial charge in [0, 0.05) is 67.6 Å². The lowest BCUT2D eigenvalue weighted by Gasteiger charge is -2.13. The molecule has 352 valence electrons. The molecule has 2 aliphatic rings. The summed E-state index contributed by atoms with van der Waals surface area (Å²) in [5.74, 6) is -3.27. The van der Waals surface area contributed by atoms with E-state index in [4.69, 9.17) is 14.2 Å². The van der Waals surface area contributed by atoms with Crippen molar-refractivity contribution in [3.8, 4) is 34.0 Å². The summed E-state index contributed by atoms with van der Waals surface area (Å²) < 4.78 is 76.8. The number of benzene rings is 4. The molecule has 0 spiro atoms. The Hall–Kier alpha value is -7.48. The Balaban J connectivity index is 0.000000196. The smallest absolute Gasteiger partial charge is 0.355 e. The molecule has 4 aromatic heterocycles. The molecule has 1 N–H and O–H groups in total. The fourth-order valence-electron chi connectivity index (χ4n) is 9.71. The molecule has 0 amide bonds. The van der Waals surface area contributed by atoms with Crippen LogP contribution in [0, 0.1) is 23.3 Å². The van der Waals surface area contributed by atoms with Crippen LogP contribution < -0.4 is 9.47 Å². The lowest BCUT2D eigenvalue weighted by atomic mass is 9.97. The number of rotatable bonds is 11. The van der Waals surface area contributed by atoms with Crippen LogP contribution in [0.2, 0.25) is 0 Å². The number of esters is 1. The van der Waals surface area contributed by atoms with Crippen molar-refractivity contribution in [2.45, 2.75) is 73.4 Å². The number of ether oxygens (including phenoxy) is 3. The molecule has 4 aromatic carbocycles. The Bertz CT molecular complexity index is 3220. The number of carboxylic acids is 1. The zero-order valence-corrected chi connectivity index (χ0v) is 36.4. The average Bonchev–Trinajstić information content (AvgIpc) is 4.13. The van der Waals surface area contributed by atoms with Gasteiger partial charge < -0.3 is 28.5 Å². The first kappa shape index (κ1) is 48.5. The molecule has 0 fully saturated rings. The van der Waals surface area contributed by atoms with Crippen molar-refractivity contribution in [3.63, 3.8) is 0 Å². The highest BCUT2D eigenvalue weighted by molar-refractivity contribution is 6.12. The monoisotopic (exact) mass is 928 g/mol.